The Kier molecular flexibility index (Phi) is 53.3. The van der Waals surface area contributed by atoms with Gasteiger partial charge in [-0.15, -0.1) is 0 Å². The zero-order valence-corrected chi connectivity index (χ0v) is 18.0. The molecule has 0 fully saturated rings. The Labute approximate surface area is 123 Å². The van der Waals surface area contributed by atoms with Crippen LogP contribution in [0.2, 0.25) is 0 Å². The molecule has 15 heteroatoms. The summed E-state index contributed by atoms with van der Waals surface area (Å²) in [6, 6.07) is 0. The van der Waals surface area contributed by atoms with Gasteiger partial charge in [0.05, 0.1) is 0 Å². The van der Waals surface area contributed by atoms with Gasteiger partial charge in [-0.2, -0.15) is 15.6 Å². The van der Waals surface area contributed by atoms with Crippen LogP contribution in [0.4, 0.5) is 0 Å². The molecule has 0 saturated carbocycles. The van der Waals surface area contributed by atoms with E-state index in [1.165, 1.54) is 0 Å². The first kappa shape index (κ1) is 43.5. The van der Waals surface area contributed by atoms with Gasteiger partial charge in [0.1, 0.15) is 0 Å². The number of hydrogen-bond acceptors (Lipinski definition) is 8. The van der Waals surface area contributed by atoms with Crippen LogP contribution in [0.1, 0.15) is 0 Å². The predicted molar refractivity (Wildman–Crippen MR) is 22.4 cm³/mol. The molecule has 0 aromatic carbocycles. The maximum Gasteiger partial charge on any atom is 2.00 e. The maximum absolute atomic E-state index is 8.55. The summed E-state index contributed by atoms with van der Waals surface area (Å²) in [5, 5.41) is 0. The molecular formula is H4O10P2Zn3. The summed E-state index contributed by atoms with van der Waals surface area (Å²) >= 11 is 0. The van der Waals surface area contributed by atoms with E-state index in [-0.39, 0.29) is 69.4 Å². The topological polar surface area (TPSA) is 236 Å². The molecule has 0 saturated heterocycles. The molecule has 10 nitrogen and oxygen atoms in total. The third-order valence-electron chi connectivity index (χ3n) is 0. The number of hydrogen-bond donors (Lipinski definition) is 0. The second-order valence-corrected chi connectivity index (χ2v) is 2.68. The zero-order valence-electron chi connectivity index (χ0n) is 7.28. The normalized spacial score (nSPS) is 7.87. The molecule has 0 spiro atoms. The predicted octanol–water partition coefficient (Wildman–Crippen LogP) is -7.31. The average Bonchev–Trinajstić information content (AvgIpc) is 1.12. The molecule has 0 aliphatic rings. The SMILES string of the molecule is O.O.O=P([O-])([O-])[O-].O=P([O-])([O-])[O-].[Zn+2].[Zn+2].[Zn+2]. The molecule has 0 heterocycles. The summed E-state index contributed by atoms with van der Waals surface area (Å²) in [4.78, 5) is 51.3. The Morgan fingerprint density at radius 1 is 0.533 bits per heavy atom. The molecule has 0 rings (SSSR count). The van der Waals surface area contributed by atoms with Gasteiger partial charge in [0.2, 0.25) is 0 Å². The van der Waals surface area contributed by atoms with E-state index in [1.54, 1.807) is 0 Å². The van der Waals surface area contributed by atoms with Crippen LogP contribution in [-0.2, 0) is 67.6 Å². The maximum atomic E-state index is 8.55. The summed E-state index contributed by atoms with van der Waals surface area (Å²) in [6.07, 6.45) is 0. The van der Waals surface area contributed by atoms with Gasteiger partial charge in [-0.3, -0.25) is 0 Å². The van der Waals surface area contributed by atoms with Crippen molar-refractivity contribution in [1.82, 2.24) is 0 Å². The molecule has 0 unspecified atom stereocenters. The molecule has 80 valence electrons. The molecule has 0 amide bonds. The van der Waals surface area contributed by atoms with E-state index in [2.05, 4.69) is 0 Å². The fourth-order valence-electron chi connectivity index (χ4n) is 0. The third-order valence-corrected chi connectivity index (χ3v) is 0. The molecule has 0 aliphatic heterocycles. The van der Waals surface area contributed by atoms with E-state index in [0.29, 0.717) is 0 Å². The van der Waals surface area contributed by atoms with E-state index in [0.717, 1.165) is 0 Å². The second kappa shape index (κ2) is 18.4. The van der Waals surface area contributed by atoms with Crippen molar-refractivity contribution in [2.24, 2.45) is 0 Å². The van der Waals surface area contributed by atoms with Gasteiger partial charge in [0, 0.05) is 0 Å². The van der Waals surface area contributed by atoms with E-state index in [4.69, 9.17) is 38.5 Å². The first-order chi connectivity index (χ1) is 4.00. The molecule has 4 N–H and O–H groups in total. The van der Waals surface area contributed by atoms with Crippen LogP contribution in [0.5, 0.6) is 0 Å². The van der Waals surface area contributed by atoms with Gasteiger partial charge in [-0.05, 0) is 0 Å². The Bertz CT molecular complexity index is 131. The standard InChI is InChI=1S/2H3O4P.2H2O.3Zn/c2*1-5(2,3)4;;;;;/h2*(H3,1,2,3,4);2*1H2;;;/q;;;;3*+2/p-6. The van der Waals surface area contributed by atoms with Crippen molar-refractivity contribution in [2.75, 3.05) is 0 Å². The van der Waals surface area contributed by atoms with Crippen LogP contribution in [0, 0.1) is 0 Å². The van der Waals surface area contributed by atoms with Crippen LogP contribution in [0.25, 0.3) is 0 Å². The van der Waals surface area contributed by atoms with Crippen molar-refractivity contribution in [3.63, 3.8) is 0 Å². The molecule has 0 atom stereocenters. The minimum Gasteiger partial charge on any atom is -0.822 e. The minimum atomic E-state index is -5.39. The molecule has 0 bridgehead atoms. The van der Waals surface area contributed by atoms with Crippen molar-refractivity contribution in [1.29, 1.82) is 0 Å². The fourth-order valence-corrected chi connectivity index (χ4v) is 0. The average molecular weight is 422 g/mol. The quantitative estimate of drug-likeness (QED) is 0.268. The van der Waals surface area contributed by atoms with Crippen LogP contribution >= 0.6 is 15.6 Å². The van der Waals surface area contributed by atoms with Crippen molar-refractivity contribution in [2.45, 2.75) is 0 Å². The van der Waals surface area contributed by atoms with Gasteiger partial charge >= 0.3 is 58.4 Å². The number of rotatable bonds is 0. The minimum absolute atomic E-state index is 0. The monoisotopic (exact) mass is 418 g/mol. The summed E-state index contributed by atoms with van der Waals surface area (Å²) in [5.41, 5.74) is 0. The molecular weight excluding hydrogens is 418 g/mol. The Balaban J connectivity index is -0.0000000128. The second-order valence-electron chi connectivity index (χ2n) is 0.894. The largest absolute Gasteiger partial charge is 2.00 e. The Hall–Kier alpha value is 2.01. The Morgan fingerprint density at radius 2 is 0.533 bits per heavy atom. The van der Waals surface area contributed by atoms with Gasteiger partial charge in [-0.1, -0.05) is 0 Å². The molecule has 0 aliphatic carbocycles. The number of phosphoric acid groups is 2. The molecule has 0 radical (unpaired) electrons. The van der Waals surface area contributed by atoms with Crippen molar-refractivity contribution < 1.29 is 108 Å². The smallest absolute Gasteiger partial charge is 0.822 e. The van der Waals surface area contributed by atoms with Crippen LogP contribution in [0.3, 0.4) is 0 Å². The molecule has 0 aromatic heterocycles. The zero-order chi connectivity index (χ0) is 9.00. The van der Waals surface area contributed by atoms with Crippen LogP contribution < -0.4 is 29.4 Å². The Morgan fingerprint density at radius 3 is 0.533 bits per heavy atom. The summed E-state index contributed by atoms with van der Waals surface area (Å²) in [6.45, 7) is 0. The van der Waals surface area contributed by atoms with Crippen molar-refractivity contribution >= 4 is 15.6 Å². The van der Waals surface area contributed by atoms with Gasteiger partial charge < -0.3 is 49.4 Å². The van der Waals surface area contributed by atoms with Gasteiger partial charge in [0.15, 0.2) is 0 Å². The van der Waals surface area contributed by atoms with Crippen LogP contribution in [-0.4, -0.2) is 11.0 Å². The van der Waals surface area contributed by atoms with E-state index >= 15 is 0 Å². The van der Waals surface area contributed by atoms with Crippen molar-refractivity contribution in [3.8, 4) is 0 Å². The van der Waals surface area contributed by atoms with Gasteiger partial charge in [-0.25, -0.2) is 0 Å². The van der Waals surface area contributed by atoms with Crippen LogP contribution in [0.15, 0.2) is 0 Å². The fraction of sp³-hybridized carbons (Fsp3) is 0. The van der Waals surface area contributed by atoms with E-state index in [9.17, 15) is 0 Å². The summed E-state index contributed by atoms with van der Waals surface area (Å²) < 4.78 is 17.1. The van der Waals surface area contributed by atoms with E-state index in [1.807, 2.05) is 0 Å². The third kappa shape index (κ3) is 778. The summed E-state index contributed by atoms with van der Waals surface area (Å²) in [7, 11) is -10.8. The van der Waals surface area contributed by atoms with E-state index < -0.39 is 15.6 Å². The molecule has 15 heavy (non-hydrogen) atoms. The molecule has 0 aromatic rings. The summed E-state index contributed by atoms with van der Waals surface area (Å²) in [5.74, 6) is 0. The first-order valence-corrected chi connectivity index (χ1v) is 4.38. The van der Waals surface area contributed by atoms with Crippen molar-refractivity contribution in [3.05, 3.63) is 0 Å². The first-order valence-electron chi connectivity index (χ1n) is 1.46. The van der Waals surface area contributed by atoms with Gasteiger partial charge in [0.25, 0.3) is 0 Å².